The molecule has 1 heterocycles. The number of hydrogen-bond donors (Lipinski definition) is 0. The van der Waals surface area contributed by atoms with Crippen LogP contribution in [0.2, 0.25) is 0 Å². The molecule has 0 spiro atoms. The first kappa shape index (κ1) is 13.1. The number of carbonyl (C=O) groups is 2. The average molecular weight is 258 g/mol. The lowest BCUT2D eigenvalue weighted by Gasteiger charge is -2.01. The number of ether oxygens (including phenoxy) is 2. The fourth-order valence-corrected chi connectivity index (χ4v) is 1.87. The normalized spacial score (nSPS) is 16.8. The van der Waals surface area contributed by atoms with E-state index in [2.05, 4.69) is 4.74 Å². The first-order chi connectivity index (χ1) is 9.02. The third-order valence-electron chi connectivity index (χ3n) is 2.81. The lowest BCUT2D eigenvalue weighted by atomic mass is 10.0. The van der Waals surface area contributed by atoms with Crippen LogP contribution in [0.4, 0.5) is 0 Å². The van der Waals surface area contributed by atoms with Gasteiger partial charge in [-0.1, -0.05) is 17.7 Å². The molecule has 1 fully saturated rings. The highest BCUT2D eigenvalue weighted by molar-refractivity contribution is 6.20. The van der Waals surface area contributed by atoms with E-state index in [1.165, 1.54) is 0 Å². The Bertz CT molecular complexity index is 587. The molecule has 0 radical (unpaired) electrons. The van der Waals surface area contributed by atoms with E-state index in [9.17, 15) is 9.59 Å². The van der Waals surface area contributed by atoms with E-state index in [0.717, 1.165) is 16.9 Å². The molecule has 1 aromatic rings. The summed E-state index contributed by atoms with van der Waals surface area (Å²) in [6.45, 7) is 3.55. The Labute approximate surface area is 111 Å². The third kappa shape index (κ3) is 2.57. The van der Waals surface area contributed by atoms with Crippen molar-refractivity contribution in [1.82, 2.24) is 0 Å². The van der Waals surface area contributed by atoms with Crippen molar-refractivity contribution in [3.05, 3.63) is 46.5 Å². The monoisotopic (exact) mass is 258 g/mol. The van der Waals surface area contributed by atoms with Crippen LogP contribution in [-0.4, -0.2) is 19.0 Å². The first-order valence-corrected chi connectivity index (χ1v) is 5.83. The number of benzene rings is 1. The maximum absolute atomic E-state index is 11.7. The molecular formula is C15H14O4. The summed E-state index contributed by atoms with van der Waals surface area (Å²) in [7, 11) is 1.59. The Hall–Kier alpha value is -2.36. The first-order valence-electron chi connectivity index (χ1n) is 5.83. The van der Waals surface area contributed by atoms with Crippen molar-refractivity contribution < 1.29 is 19.1 Å². The molecule has 0 amide bonds. The number of cyclic esters (lactones) is 2. The molecular weight excluding hydrogens is 244 g/mol. The zero-order valence-electron chi connectivity index (χ0n) is 11.0. The number of allylic oxidation sites excluding steroid dienone is 1. The standard InChI is InChI=1S/C15H14O4/c1-9(2)13-12(14(16)19-15(13)17)8-10-4-6-11(18-3)7-5-10/h4-8H,1-3H3/b12-8+. The van der Waals surface area contributed by atoms with E-state index in [4.69, 9.17) is 4.74 Å². The van der Waals surface area contributed by atoms with E-state index < -0.39 is 11.9 Å². The molecule has 0 bridgehead atoms. The van der Waals surface area contributed by atoms with Crippen molar-refractivity contribution in [3.63, 3.8) is 0 Å². The number of carbonyl (C=O) groups excluding carboxylic acids is 2. The minimum Gasteiger partial charge on any atom is -0.497 e. The Morgan fingerprint density at radius 1 is 1.11 bits per heavy atom. The highest BCUT2D eigenvalue weighted by Gasteiger charge is 2.34. The molecule has 0 aliphatic carbocycles. The summed E-state index contributed by atoms with van der Waals surface area (Å²) >= 11 is 0. The van der Waals surface area contributed by atoms with E-state index in [1.54, 1.807) is 39.2 Å². The van der Waals surface area contributed by atoms with Gasteiger partial charge in [0, 0.05) is 0 Å². The average Bonchev–Trinajstić information content (AvgIpc) is 2.65. The molecule has 1 aromatic carbocycles. The van der Waals surface area contributed by atoms with Gasteiger partial charge in [-0.3, -0.25) is 0 Å². The zero-order chi connectivity index (χ0) is 14.0. The minimum atomic E-state index is -0.600. The SMILES string of the molecule is COc1ccc(/C=C2/C(=O)OC(=O)C2=C(C)C)cc1. The van der Waals surface area contributed by atoms with E-state index in [1.807, 2.05) is 12.1 Å². The molecule has 19 heavy (non-hydrogen) atoms. The second-order valence-corrected chi connectivity index (χ2v) is 4.38. The Kier molecular flexibility index (Phi) is 3.51. The van der Waals surface area contributed by atoms with Crippen LogP contribution in [-0.2, 0) is 14.3 Å². The molecule has 4 nitrogen and oxygen atoms in total. The fourth-order valence-electron chi connectivity index (χ4n) is 1.87. The molecule has 2 rings (SSSR count). The van der Waals surface area contributed by atoms with Gasteiger partial charge >= 0.3 is 11.9 Å². The van der Waals surface area contributed by atoms with Gasteiger partial charge in [0.15, 0.2) is 0 Å². The van der Waals surface area contributed by atoms with Gasteiger partial charge in [0.25, 0.3) is 0 Å². The molecule has 0 saturated carbocycles. The van der Waals surface area contributed by atoms with Crippen molar-refractivity contribution in [3.8, 4) is 5.75 Å². The summed E-state index contributed by atoms with van der Waals surface area (Å²) in [6, 6.07) is 7.20. The quantitative estimate of drug-likeness (QED) is 0.464. The van der Waals surface area contributed by atoms with Crippen LogP contribution in [0.1, 0.15) is 19.4 Å². The smallest absolute Gasteiger partial charge is 0.346 e. The van der Waals surface area contributed by atoms with Gasteiger partial charge in [-0.05, 0) is 37.6 Å². The summed E-state index contributed by atoms with van der Waals surface area (Å²) in [5.74, 6) is -0.448. The van der Waals surface area contributed by atoms with Crippen molar-refractivity contribution in [2.75, 3.05) is 7.11 Å². The Morgan fingerprint density at radius 3 is 2.26 bits per heavy atom. The van der Waals surface area contributed by atoms with Crippen LogP contribution >= 0.6 is 0 Å². The summed E-state index contributed by atoms with van der Waals surface area (Å²) in [5.41, 5.74) is 2.22. The second-order valence-electron chi connectivity index (χ2n) is 4.38. The van der Waals surface area contributed by atoms with Crippen LogP contribution in [0.5, 0.6) is 5.75 Å². The van der Waals surface area contributed by atoms with Gasteiger partial charge in [0.2, 0.25) is 0 Å². The summed E-state index contributed by atoms with van der Waals surface area (Å²) in [4.78, 5) is 23.2. The van der Waals surface area contributed by atoms with Crippen LogP contribution in [0.15, 0.2) is 41.0 Å². The Morgan fingerprint density at radius 2 is 1.74 bits per heavy atom. The van der Waals surface area contributed by atoms with Gasteiger partial charge in [-0.25, -0.2) is 9.59 Å². The van der Waals surface area contributed by atoms with Gasteiger partial charge in [0.1, 0.15) is 5.75 Å². The second kappa shape index (κ2) is 5.10. The van der Waals surface area contributed by atoms with Crippen molar-refractivity contribution in [2.24, 2.45) is 0 Å². The summed E-state index contributed by atoms with van der Waals surface area (Å²) in [6.07, 6.45) is 1.65. The predicted octanol–water partition coefficient (Wildman–Crippen LogP) is 2.50. The molecule has 0 N–H and O–H groups in total. The molecule has 1 aliphatic heterocycles. The molecule has 1 aliphatic rings. The Balaban J connectivity index is 2.43. The van der Waals surface area contributed by atoms with E-state index >= 15 is 0 Å². The minimum absolute atomic E-state index is 0.301. The highest BCUT2D eigenvalue weighted by atomic mass is 16.6. The van der Waals surface area contributed by atoms with Crippen LogP contribution in [0, 0.1) is 0 Å². The van der Waals surface area contributed by atoms with E-state index in [-0.39, 0.29) is 0 Å². The lowest BCUT2D eigenvalue weighted by molar-refractivity contribution is -0.149. The molecule has 98 valence electrons. The van der Waals surface area contributed by atoms with Crippen molar-refractivity contribution in [1.29, 1.82) is 0 Å². The third-order valence-corrected chi connectivity index (χ3v) is 2.81. The summed E-state index contributed by atoms with van der Waals surface area (Å²) in [5, 5.41) is 0. The number of esters is 2. The van der Waals surface area contributed by atoms with Gasteiger partial charge in [0.05, 0.1) is 18.3 Å². The number of hydrogen-bond acceptors (Lipinski definition) is 4. The number of rotatable bonds is 2. The number of methoxy groups -OCH3 is 1. The van der Waals surface area contributed by atoms with Crippen molar-refractivity contribution in [2.45, 2.75) is 13.8 Å². The molecule has 0 atom stereocenters. The summed E-state index contributed by atoms with van der Waals surface area (Å²) < 4.78 is 9.70. The van der Waals surface area contributed by atoms with Gasteiger partial charge in [-0.2, -0.15) is 0 Å². The maximum Gasteiger partial charge on any atom is 0.346 e. The fraction of sp³-hybridized carbons (Fsp3) is 0.200. The predicted molar refractivity (Wildman–Crippen MR) is 70.4 cm³/mol. The molecule has 4 heteroatoms. The van der Waals surface area contributed by atoms with Gasteiger partial charge < -0.3 is 9.47 Å². The lowest BCUT2D eigenvalue weighted by Crippen LogP contribution is -1.97. The van der Waals surface area contributed by atoms with Crippen LogP contribution in [0.3, 0.4) is 0 Å². The van der Waals surface area contributed by atoms with Gasteiger partial charge in [-0.15, -0.1) is 0 Å². The molecule has 0 aromatic heterocycles. The van der Waals surface area contributed by atoms with Crippen LogP contribution < -0.4 is 4.74 Å². The van der Waals surface area contributed by atoms with Crippen LogP contribution in [0.25, 0.3) is 6.08 Å². The zero-order valence-corrected chi connectivity index (χ0v) is 11.0. The van der Waals surface area contributed by atoms with E-state index in [0.29, 0.717) is 11.1 Å². The highest BCUT2D eigenvalue weighted by Crippen LogP contribution is 2.27. The van der Waals surface area contributed by atoms with Crippen molar-refractivity contribution >= 4 is 18.0 Å². The molecule has 1 saturated heterocycles. The largest absolute Gasteiger partial charge is 0.497 e. The molecule has 0 unspecified atom stereocenters. The maximum atomic E-state index is 11.7. The topological polar surface area (TPSA) is 52.6 Å².